The van der Waals surface area contributed by atoms with Gasteiger partial charge in [0.2, 0.25) is 0 Å². The number of phenols is 1. The third-order valence-corrected chi connectivity index (χ3v) is 1.68. The van der Waals surface area contributed by atoms with E-state index in [4.69, 9.17) is 9.66 Å². The van der Waals surface area contributed by atoms with Gasteiger partial charge < -0.3 is 9.66 Å². The molecule has 0 bridgehead atoms. The smallest absolute Gasteiger partial charge is 0.186 e. The average molecular weight is 158 g/mol. The van der Waals surface area contributed by atoms with Gasteiger partial charge in [-0.3, -0.25) is 0 Å². The Morgan fingerprint density at radius 1 is 1.40 bits per heavy atom. The molecule has 0 spiro atoms. The van der Waals surface area contributed by atoms with Gasteiger partial charge in [-0.2, -0.15) is 0 Å². The lowest BCUT2D eigenvalue weighted by atomic mass is 10.3. The fraction of sp³-hybridized carbons (Fsp3) is 0. The van der Waals surface area contributed by atoms with Crippen LogP contribution in [0.2, 0.25) is 0 Å². The molecule has 1 aromatic carbocycles. The molecule has 1 rings (SSSR count). The molecule has 54 valence electrons. The van der Waals surface area contributed by atoms with Gasteiger partial charge in [-0.25, -0.2) is 4.21 Å². The minimum atomic E-state index is -2.00. The maximum Gasteiger partial charge on any atom is 0.186 e. The average Bonchev–Trinajstić information content (AvgIpc) is 1.88. The van der Waals surface area contributed by atoms with Crippen LogP contribution in [-0.4, -0.2) is 13.9 Å². The summed E-state index contributed by atoms with van der Waals surface area (Å²) in [5.41, 5.74) is 0. The van der Waals surface area contributed by atoms with Gasteiger partial charge in [-0.05, 0) is 18.2 Å². The zero-order valence-electron chi connectivity index (χ0n) is 5.02. The van der Waals surface area contributed by atoms with Crippen LogP contribution >= 0.6 is 0 Å². The number of phenolic OH excluding ortho intramolecular Hbond substituents is 1. The molecule has 0 aromatic heterocycles. The Hall–Kier alpha value is -0.870. The summed E-state index contributed by atoms with van der Waals surface area (Å²) in [7, 11) is 0. The third-order valence-electron chi connectivity index (χ3n) is 1.02. The van der Waals surface area contributed by atoms with E-state index in [0.717, 1.165) is 0 Å². The first-order valence-electron chi connectivity index (χ1n) is 2.60. The van der Waals surface area contributed by atoms with Gasteiger partial charge in [-0.1, -0.05) is 6.07 Å². The number of benzene rings is 1. The molecule has 2 N–H and O–H groups in total. The van der Waals surface area contributed by atoms with E-state index in [1.807, 2.05) is 0 Å². The predicted octanol–water partition coefficient (Wildman–Crippen LogP) is 0.973. The van der Waals surface area contributed by atoms with Crippen LogP contribution in [0.5, 0.6) is 5.75 Å². The molecular formula is C6H6O3S. The van der Waals surface area contributed by atoms with E-state index >= 15 is 0 Å². The highest BCUT2D eigenvalue weighted by atomic mass is 32.2. The number of rotatable bonds is 1. The summed E-state index contributed by atoms with van der Waals surface area (Å²) in [6.07, 6.45) is 0. The maximum absolute atomic E-state index is 10.4. The van der Waals surface area contributed by atoms with Crippen molar-refractivity contribution in [2.24, 2.45) is 0 Å². The maximum atomic E-state index is 10.4. The lowest BCUT2D eigenvalue weighted by Gasteiger charge is -1.93. The molecule has 0 fully saturated rings. The Morgan fingerprint density at radius 3 is 2.50 bits per heavy atom. The van der Waals surface area contributed by atoms with Gasteiger partial charge in [0.1, 0.15) is 5.75 Å². The summed E-state index contributed by atoms with van der Waals surface area (Å²) in [6.45, 7) is 0. The van der Waals surface area contributed by atoms with E-state index in [2.05, 4.69) is 0 Å². The summed E-state index contributed by atoms with van der Waals surface area (Å²) < 4.78 is 18.9. The highest BCUT2D eigenvalue weighted by Crippen LogP contribution is 2.12. The first-order valence-corrected chi connectivity index (χ1v) is 3.71. The van der Waals surface area contributed by atoms with Crippen LogP contribution in [0.25, 0.3) is 0 Å². The summed E-state index contributed by atoms with van der Waals surface area (Å²) in [5.74, 6) is -0.0000926. The molecule has 1 aromatic rings. The molecule has 0 saturated heterocycles. The Balaban J connectivity index is 3.07. The van der Waals surface area contributed by atoms with Crippen molar-refractivity contribution in [1.29, 1.82) is 0 Å². The molecule has 1 unspecified atom stereocenters. The Kier molecular flexibility index (Phi) is 2.03. The van der Waals surface area contributed by atoms with Crippen LogP contribution in [0.1, 0.15) is 0 Å². The van der Waals surface area contributed by atoms with Crippen molar-refractivity contribution < 1.29 is 13.9 Å². The van der Waals surface area contributed by atoms with E-state index in [1.165, 1.54) is 24.3 Å². The molecule has 0 aliphatic rings. The van der Waals surface area contributed by atoms with E-state index in [9.17, 15) is 4.21 Å². The van der Waals surface area contributed by atoms with E-state index in [-0.39, 0.29) is 10.6 Å². The zero-order valence-corrected chi connectivity index (χ0v) is 5.84. The molecule has 0 aliphatic heterocycles. The Labute approximate surface area is 60.6 Å². The van der Waals surface area contributed by atoms with Crippen molar-refractivity contribution in [3.05, 3.63) is 24.3 Å². The van der Waals surface area contributed by atoms with Crippen LogP contribution in [-0.2, 0) is 11.1 Å². The highest BCUT2D eigenvalue weighted by molar-refractivity contribution is 7.79. The second-order valence-corrected chi connectivity index (χ2v) is 2.72. The van der Waals surface area contributed by atoms with Gasteiger partial charge in [0.05, 0.1) is 4.90 Å². The standard InChI is InChI=1S/C6H6O3S/c7-5-2-1-3-6(4-5)10(8)9/h1-4,7H,(H,8,9). The molecule has 0 heterocycles. The molecule has 10 heavy (non-hydrogen) atoms. The molecule has 3 nitrogen and oxygen atoms in total. The molecule has 4 heteroatoms. The predicted molar refractivity (Wildman–Crippen MR) is 37.1 cm³/mol. The van der Waals surface area contributed by atoms with Gasteiger partial charge in [0, 0.05) is 0 Å². The highest BCUT2D eigenvalue weighted by Gasteiger charge is 1.98. The first-order chi connectivity index (χ1) is 4.70. The zero-order chi connectivity index (χ0) is 7.56. The van der Waals surface area contributed by atoms with Crippen LogP contribution in [0, 0.1) is 0 Å². The van der Waals surface area contributed by atoms with Crippen molar-refractivity contribution in [3.63, 3.8) is 0 Å². The normalized spacial score (nSPS) is 12.9. The second-order valence-electron chi connectivity index (χ2n) is 1.75. The molecule has 0 amide bonds. The fourth-order valence-electron chi connectivity index (χ4n) is 0.592. The molecule has 0 saturated carbocycles. The number of hydrogen-bond acceptors (Lipinski definition) is 2. The quantitative estimate of drug-likeness (QED) is 0.599. The van der Waals surface area contributed by atoms with E-state index < -0.39 is 11.1 Å². The minimum absolute atomic E-state index is 0.0000926. The molecular weight excluding hydrogens is 152 g/mol. The Morgan fingerprint density at radius 2 is 2.10 bits per heavy atom. The topological polar surface area (TPSA) is 57.5 Å². The molecule has 1 atom stereocenters. The lowest BCUT2D eigenvalue weighted by molar-refractivity contribution is 0.473. The first kappa shape index (κ1) is 7.24. The van der Waals surface area contributed by atoms with Crippen molar-refractivity contribution in [2.45, 2.75) is 4.90 Å². The fourth-order valence-corrected chi connectivity index (χ4v) is 1.01. The van der Waals surface area contributed by atoms with Gasteiger partial charge in [0.25, 0.3) is 0 Å². The third kappa shape index (κ3) is 1.55. The summed E-state index contributed by atoms with van der Waals surface area (Å²) in [5, 5.41) is 8.82. The van der Waals surface area contributed by atoms with Gasteiger partial charge >= 0.3 is 0 Å². The van der Waals surface area contributed by atoms with Crippen molar-refractivity contribution in [1.82, 2.24) is 0 Å². The van der Waals surface area contributed by atoms with Crippen LogP contribution in [0.15, 0.2) is 29.2 Å². The SMILES string of the molecule is O=S(O)c1cccc(O)c1. The summed E-state index contributed by atoms with van der Waals surface area (Å²) >= 11 is -2.00. The van der Waals surface area contributed by atoms with Crippen molar-refractivity contribution >= 4 is 11.1 Å². The lowest BCUT2D eigenvalue weighted by Crippen LogP contribution is -1.85. The van der Waals surface area contributed by atoms with Gasteiger partial charge in [-0.15, -0.1) is 0 Å². The van der Waals surface area contributed by atoms with Crippen molar-refractivity contribution in [2.75, 3.05) is 0 Å². The minimum Gasteiger partial charge on any atom is -0.508 e. The summed E-state index contributed by atoms with van der Waals surface area (Å²) in [6, 6.07) is 5.67. The van der Waals surface area contributed by atoms with E-state index in [0.29, 0.717) is 0 Å². The Bertz CT molecular complexity index is 259. The van der Waals surface area contributed by atoms with Gasteiger partial charge in [0.15, 0.2) is 11.1 Å². The largest absolute Gasteiger partial charge is 0.508 e. The molecule has 0 radical (unpaired) electrons. The van der Waals surface area contributed by atoms with Crippen LogP contribution in [0.4, 0.5) is 0 Å². The van der Waals surface area contributed by atoms with Crippen LogP contribution < -0.4 is 0 Å². The summed E-state index contributed by atoms with van der Waals surface area (Å²) in [4.78, 5) is 0.208. The number of hydrogen-bond donors (Lipinski definition) is 2. The van der Waals surface area contributed by atoms with Crippen LogP contribution in [0.3, 0.4) is 0 Å². The monoisotopic (exact) mass is 158 g/mol. The number of aromatic hydroxyl groups is 1. The van der Waals surface area contributed by atoms with Crippen molar-refractivity contribution in [3.8, 4) is 5.75 Å². The van der Waals surface area contributed by atoms with E-state index in [1.54, 1.807) is 0 Å². The molecule has 0 aliphatic carbocycles. The second kappa shape index (κ2) is 2.81.